The average Bonchev–Trinajstić information content (AvgIpc) is 2.29. The van der Waals surface area contributed by atoms with Crippen LogP contribution in [0, 0.1) is 5.92 Å². The molecule has 1 aliphatic heterocycles. The molecule has 1 aliphatic rings. The van der Waals surface area contributed by atoms with Crippen LogP contribution in [0.3, 0.4) is 0 Å². The molecular weight excluding hydrogens is 234 g/mol. The van der Waals surface area contributed by atoms with Crippen molar-refractivity contribution in [3.8, 4) is 0 Å². The van der Waals surface area contributed by atoms with E-state index >= 15 is 0 Å². The number of aliphatic hydroxyl groups is 1. The van der Waals surface area contributed by atoms with Crippen LogP contribution >= 0.6 is 0 Å². The molecule has 0 aliphatic carbocycles. The number of likely N-dealkylation sites (tertiary alicyclic amines) is 1. The van der Waals surface area contributed by atoms with Gasteiger partial charge in [-0.05, 0) is 40.2 Å². The maximum Gasteiger partial charge on any atom is 0.306 e. The maximum atomic E-state index is 10.9. The van der Waals surface area contributed by atoms with Crippen LogP contribution in [-0.4, -0.2) is 59.0 Å². The molecule has 1 fully saturated rings. The molecule has 2 N–H and O–H groups in total. The van der Waals surface area contributed by atoms with E-state index in [9.17, 15) is 9.90 Å². The first-order valence-electron chi connectivity index (χ1n) is 6.66. The maximum absolute atomic E-state index is 10.9. The highest BCUT2D eigenvalue weighted by Crippen LogP contribution is 2.23. The van der Waals surface area contributed by atoms with E-state index in [1.807, 2.05) is 20.8 Å². The lowest BCUT2D eigenvalue weighted by molar-refractivity contribution is -0.144. The van der Waals surface area contributed by atoms with Crippen LogP contribution in [0.4, 0.5) is 0 Å². The van der Waals surface area contributed by atoms with Gasteiger partial charge in [0.1, 0.15) is 0 Å². The first-order chi connectivity index (χ1) is 8.40. The van der Waals surface area contributed by atoms with Crippen LogP contribution in [0.15, 0.2) is 0 Å². The van der Waals surface area contributed by atoms with E-state index in [-0.39, 0.29) is 18.1 Å². The van der Waals surface area contributed by atoms with Crippen molar-refractivity contribution in [1.29, 1.82) is 0 Å². The lowest BCUT2D eigenvalue weighted by Gasteiger charge is -2.37. The minimum absolute atomic E-state index is 0.120. The molecule has 0 amide bonds. The Balaban J connectivity index is 2.33. The molecular formula is C13H25NO4. The molecule has 0 aromatic carbocycles. The molecule has 1 rings (SSSR count). The summed E-state index contributed by atoms with van der Waals surface area (Å²) in [6, 6.07) is 0.202. The van der Waals surface area contributed by atoms with Gasteiger partial charge in [-0.25, -0.2) is 0 Å². The molecule has 3 unspecified atom stereocenters. The molecule has 0 bridgehead atoms. The Labute approximate surface area is 109 Å². The molecule has 3 atom stereocenters. The average molecular weight is 259 g/mol. The summed E-state index contributed by atoms with van der Waals surface area (Å²) in [4.78, 5) is 13.1. The molecule has 5 nitrogen and oxygen atoms in total. The summed E-state index contributed by atoms with van der Waals surface area (Å²) >= 11 is 0. The van der Waals surface area contributed by atoms with Crippen LogP contribution in [0.25, 0.3) is 0 Å². The molecule has 106 valence electrons. The Morgan fingerprint density at radius 3 is 2.67 bits per heavy atom. The summed E-state index contributed by atoms with van der Waals surface area (Å²) in [6.45, 7) is 7.52. The highest BCUT2D eigenvalue weighted by atomic mass is 16.5. The van der Waals surface area contributed by atoms with Crippen molar-refractivity contribution in [3.05, 3.63) is 0 Å². The van der Waals surface area contributed by atoms with Gasteiger partial charge in [-0.15, -0.1) is 0 Å². The monoisotopic (exact) mass is 259 g/mol. The molecule has 5 heteroatoms. The van der Waals surface area contributed by atoms with Crippen LogP contribution in [0.1, 0.15) is 33.6 Å². The Hall–Kier alpha value is -0.650. The molecule has 0 saturated carbocycles. The van der Waals surface area contributed by atoms with Crippen LogP contribution in [-0.2, 0) is 9.53 Å². The van der Waals surface area contributed by atoms with Gasteiger partial charge in [-0.2, -0.15) is 0 Å². The zero-order valence-corrected chi connectivity index (χ0v) is 11.5. The summed E-state index contributed by atoms with van der Waals surface area (Å²) in [5.41, 5.74) is 0. The van der Waals surface area contributed by atoms with Crippen molar-refractivity contribution in [2.75, 3.05) is 19.7 Å². The van der Waals surface area contributed by atoms with Crippen molar-refractivity contribution in [2.24, 2.45) is 5.92 Å². The van der Waals surface area contributed by atoms with Crippen molar-refractivity contribution >= 4 is 5.97 Å². The predicted molar refractivity (Wildman–Crippen MR) is 68.5 cm³/mol. The third-order valence-corrected chi connectivity index (χ3v) is 3.43. The van der Waals surface area contributed by atoms with E-state index in [1.165, 1.54) is 0 Å². The number of β-amino-alcohol motifs (C(OH)–C–C–N with tert-alkyl or cyclic N) is 1. The Kier molecular flexibility index (Phi) is 6.05. The number of nitrogens with zero attached hydrogens (tertiary/aromatic N) is 1. The van der Waals surface area contributed by atoms with E-state index in [2.05, 4.69) is 4.90 Å². The van der Waals surface area contributed by atoms with Gasteiger partial charge in [0.25, 0.3) is 0 Å². The topological polar surface area (TPSA) is 70.0 Å². The number of aliphatic hydroxyl groups excluding tert-OH is 1. The van der Waals surface area contributed by atoms with Gasteiger partial charge in [0.2, 0.25) is 0 Å². The second kappa shape index (κ2) is 7.07. The van der Waals surface area contributed by atoms with Crippen molar-refractivity contribution in [1.82, 2.24) is 4.90 Å². The van der Waals surface area contributed by atoms with Crippen LogP contribution in [0.2, 0.25) is 0 Å². The highest BCUT2D eigenvalue weighted by Gasteiger charge is 2.30. The fraction of sp³-hybridized carbons (Fsp3) is 0.923. The highest BCUT2D eigenvalue weighted by molar-refractivity contribution is 5.70. The van der Waals surface area contributed by atoms with Gasteiger partial charge in [0.05, 0.1) is 24.7 Å². The van der Waals surface area contributed by atoms with Gasteiger partial charge in [-0.1, -0.05) is 0 Å². The van der Waals surface area contributed by atoms with Gasteiger partial charge in [0, 0.05) is 12.6 Å². The second-order valence-electron chi connectivity index (χ2n) is 5.44. The summed E-state index contributed by atoms with van der Waals surface area (Å²) in [5.74, 6) is -0.939. The Morgan fingerprint density at radius 1 is 1.50 bits per heavy atom. The Bertz CT molecular complexity index is 270. The van der Waals surface area contributed by atoms with Gasteiger partial charge < -0.3 is 14.9 Å². The summed E-state index contributed by atoms with van der Waals surface area (Å²) in [7, 11) is 0. The normalized spacial score (nSPS) is 27.4. The zero-order valence-electron chi connectivity index (χ0n) is 11.5. The molecule has 0 spiro atoms. The van der Waals surface area contributed by atoms with Crippen LogP contribution < -0.4 is 0 Å². The van der Waals surface area contributed by atoms with Gasteiger partial charge >= 0.3 is 5.97 Å². The largest absolute Gasteiger partial charge is 0.481 e. The lowest BCUT2D eigenvalue weighted by atomic mass is 9.91. The number of rotatable bonds is 6. The van der Waals surface area contributed by atoms with Gasteiger partial charge in [-0.3, -0.25) is 9.69 Å². The fourth-order valence-corrected chi connectivity index (χ4v) is 2.34. The molecule has 18 heavy (non-hydrogen) atoms. The van der Waals surface area contributed by atoms with E-state index in [0.717, 1.165) is 6.54 Å². The number of carboxylic acid groups (broad SMARTS) is 1. The summed E-state index contributed by atoms with van der Waals surface area (Å²) in [5, 5.41) is 18.8. The third kappa shape index (κ3) is 4.92. The van der Waals surface area contributed by atoms with Gasteiger partial charge in [0.15, 0.2) is 0 Å². The van der Waals surface area contributed by atoms with E-state index in [4.69, 9.17) is 9.84 Å². The number of carbonyl (C=O) groups is 1. The SMILES string of the molecule is CC(C)OCC(O)CN1CCC(C(=O)O)CC1C. The standard InChI is InChI=1S/C13H25NO4/c1-9(2)18-8-12(15)7-14-5-4-11(13(16)17)6-10(14)3/h9-12,15H,4-8H2,1-3H3,(H,16,17). The van der Waals surface area contributed by atoms with E-state index in [1.54, 1.807) is 0 Å². The fourth-order valence-electron chi connectivity index (χ4n) is 2.34. The minimum Gasteiger partial charge on any atom is -0.481 e. The molecule has 1 heterocycles. The van der Waals surface area contributed by atoms with E-state index < -0.39 is 12.1 Å². The van der Waals surface area contributed by atoms with Crippen molar-refractivity contribution in [2.45, 2.75) is 51.9 Å². The van der Waals surface area contributed by atoms with Crippen molar-refractivity contribution < 1.29 is 19.7 Å². The molecule has 0 aromatic heterocycles. The minimum atomic E-state index is -0.704. The van der Waals surface area contributed by atoms with Crippen LogP contribution in [0.5, 0.6) is 0 Å². The molecule has 0 aromatic rings. The number of aliphatic carboxylic acids is 1. The summed E-state index contributed by atoms with van der Waals surface area (Å²) < 4.78 is 5.37. The van der Waals surface area contributed by atoms with Crippen molar-refractivity contribution in [3.63, 3.8) is 0 Å². The first-order valence-corrected chi connectivity index (χ1v) is 6.66. The quantitative estimate of drug-likeness (QED) is 0.743. The number of carboxylic acids is 1. The van der Waals surface area contributed by atoms with E-state index in [0.29, 0.717) is 26.0 Å². The number of piperidine rings is 1. The smallest absolute Gasteiger partial charge is 0.306 e. The Morgan fingerprint density at radius 2 is 2.17 bits per heavy atom. The second-order valence-corrected chi connectivity index (χ2v) is 5.44. The first kappa shape index (κ1) is 15.4. The molecule has 0 radical (unpaired) electrons. The predicted octanol–water partition coefficient (Wildman–Crippen LogP) is 0.957. The summed E-state index contributed by atoms with van der Waals surface area (Å²) in [6.07, 6.45) is 0.941. The number of hydrogen-bond acceptors (Lipinski definition) is 4. The molecule has 1 saturated heterocycles. The third-order valence-electron chi connectivity index (χ3n) is 3.43. The zero-order chi connectivity index (χ0) is 13.7. The number of hydrogen-bond donors (Lipinski definition) is 2. The lowest BCUT2D eigenvalue weighted by Crippen LogP contribution is -2.46. The number of ether oxygens (including phenoxy) is 1.